The van der Waals surface area contributed by atoms with Crippen LogP contribution in [0.3, 0.4) is 0 Å². The number of hydrogen-bond donors (Lipinski definition) is 2. The molecule has 2 N–H and O–H groups in total. The van der Waals surface area contributed by atoms with Gasteiger partial charge in [-0.15, -0.1) is 0 Å². The Balaban J connectivity index is 2.48. The van der Waals surface area contributed by atoms with Gasteiger partial charge >= 0.3 is 5.97 Å². The number of carbonyl (C=O) groups is 1. The Morgan fingerprint density at radius 2 is 2.24 bits per heavy atom. The van der Waals surface area contributed by atoms with Crippen molar-refractivity contribution in [1.29, 1.82) is 0 Å². The minimum atomic E-state index is -1.11. The van der Waals surface area contributed by atoms with Gasteiger partial charge in [0.05, 0.1) is 12.8 Å². The zero-order valence-electron chi connectivity index (χ0n) is 8.90. The normalized spacial score (nSPS) is 10.2. The Bertz CT molecular complexity index is 566. The van der Waals surface area contributed by atoms with E-state index >= 15 is 0 Å². The van der Waals surface area contributed by atoms with Crippen molar-refractivity contribution in [2.75, 3.05) is 7.11 Å². The third kappa shape index (κ3) is 2.10. The van der Waals surface area contributed by atoms with E-state index in [1.165, 1.54) is 31.4 Å². The first-order valence-electron chi connectivity index (χ1n) is 4.74. The maximum Gasteiger partial charge on any atom is 0.353 e. The summed E-state index contributed by atoms with van der Waals surface area (Å²) < 4.78 is 18.0. The van der Waals surface area contributed by atoms with E-state index in [9.17, 15) is 9.18 Å². The molecule has 0 saturated heterocycles. The minimum absolute atomic E-state index is 0.0358. The predicted molar refractivity (Wildman–Crippen MR) is 57.5 cm³/mol. The first-order chi connectivity index (χ1) is 8.11. The van der Waals surface area contributed by atoms with Crippen molar-refractivity contribution in [2.45, 2.75) is 0 Å². The van der Waals surface area contributed by atoms with Crippen LogP contribution < -0.4 is 4.74 Å². The molecule has 0 radical (unpaired) electrons. The molecule has 0 bridgehead atoms. The molecule has 0 aliphatic carbocycles. The molecule has 1 aromatic carbocycles. The molecule has 2 aromatic rings. The maximum atomic E-state index is 13.0. The molecule has 1 heterocycles. The number of methoxy groups -OCH3 is 1. The standard InChI is InChI=1S/C11H9FN2O3/c1-17-10-4-6(12)2-3-7(10)8-5-9(11(15)16)14-13-8/h2-5H,1H3,(H,13,14)(H,15,16). The van der Waals surface area contributed by atoms with Gasteiger partial charge in [0.25, 0.3) is 0 Å². The molecule has 0 aliphatic rings. The van der Waals surface area contributed by atoms with Gasteiger partial charge in [-0.3, -0.25) is 5.10 Å². The van der Waals surface area contributed by atoms with E-state index in [4.69, 9.17) is 9.84 Å². The van der Waals surface area contributed by atoms with E-state index in [-0.39, 0.29) is 5.69 Å². The number of halogens is 1. The van der Waals surface area contributed by atoms with Crippen molar-refractivity contribution < 1.29 is 19.0 Å². The molecule has 0 fully saturated rings. The number of nitrogens with one attached hydrogen (secondary N) is 1. The van der Waals surface area contributed by atoms with Gasteiger partial charge in [0.15, 0.2) is 0 Å². The molecule has 1 aromatic heterocycles. The second-order valence-corrected chi connectivity index (χ2v) is 3.32. The second-order valence-electron chi connectivity index (χ2n) is 3.32. The van der Waals surface area contributed by atoms with Crippen LogP contribution in [-0.4, -0.2) is 28.4 Å². The zero-order chi connectivity index (χ0) is 12.4. The van der Waals surface area contributed by atoms with E-state index in [2.05, 4.69) is 10.2 Å². The van der Waals surface area contributed by atoms with Crippen LogP contribution in [0.25, 0.3) is 11.3 Å². The summed E-state index contributed by atoms with van der Waals surface area (Å²) in [5.74, 6) is -1.24. The average Bonchev–Trinajstić information content (AvgIpc) is 2.78. The fraction of sp³-hybridized carbons (Fsp3) is 0.0909. The highest BCUT2D eigenvalue weighted by Crippen LogP contribution is 2.29. The quantitative estimate of drug-likeness (QED) is 0.853. The topological polar surface area (TPSA) is 75.2 Å². The zero-order valence-corrected chi connectivity index (χ0v) is 8.90. The number of aromatic nitrogens is 2. The number of carboxylic acids is 1. The number of ether oxygens (including phenoxy) is 1. The van der Waals surface area contributed by atoms with Gasteiger partial charge in [-0.05, 0) is 18.2 Å². The molecule has 5 nitrogen and oxygen atoms in total. The second kappa shape index (κ2) is 4.25. The first-order valence-corrected chi connectivity index (χ1v) is 4.74. The summed E-state index contributed by atoms with van der Waals surface area (Å²) in [5, 5.41) is 15.0. The highest BCUT2D eigenvalue weighted by Gasteiger charge is 2.13. The molecule has 0 aliphatic heterocycles. The first kappa shape index (κ1) is 11.1. The van der Waals surface area contributed by atoms with Gasteiger partial charge in [-0.25, -0.2) is 9.18 Å². The van der Waals surface area contributed by atoms with Gasteiger partial charge in [-0.2, -0.15) is 5.10 Å². The SMILES string of the molecule is COc1cc(F)ccc1-c1cc(C(=O)O)[nH]n1. The lowest BCUT2D eigenvalue weighted by Gasteiger charge is -2.05. The van der Waals surface area contributed by atoms with Crippen molar-refractivity contribution >= 4 is 5.97 Å². The van der Waals surface area contributed by atoms with Crippen molar-refractivity contribution in [3.63, 3.8) is 0 Å². The van der Waals surface area contributed by atoms with Crippen molar-refractivity contribution in [1.82, 2.24) is 10.2 Å². The molecule has 0 amide bonds. The fourth-order valence-corrected chi connectivity index (χ4v) is 1.45. The number of benzene rings is 1. The lowest BCUT2D eigenvalue weighted by Crippen LogP contribution is -1.95. The van der Waals surface area contributed by atoms with Gasteiger partial charge in [0.1, 0.15) is 17.3 Å². The number of carboxylic acid groups (broad SMARTS) is 1. The Hall–Kier alpha value is -2.37. The van der Waals surface area contributed by atoms with Gasteiger partial charge in [-0.1, -0.05) is 0 Å². The Labute approximate surface area is 95.9 Å². The number of aromatic carboxylic acids is 1. The number of nitrogens with zero attached hydrogens (tertiary/aromatic N) is 1. The lowest BCUT2D eigenvalue weighted by molar-refractivity contribution is 0.0690. The third-order valence-corrected chi connectivity index (χ3v) is 2.25. The summed E-state index contributed by atoms with van der Waals surface area (Å²) in [7, 11) is 1.41. The molecule has 0 atom stereocenters. The van der Waals surface area contributed by atoms with Crippen molar-refractivity contribution in [3.8, 4) is 17.0 Å². The van der Waals surface area contributed by atoms with Crippen LogP contribution in [0, 0.1) is 5.82 Å². The highest BCUT2D eigenvalue weighted by molar-refractivity contribution is 5.87. The Kier molecular flexibility index (Phi) is 2.78. The molecular weight excluding hydrogens is 227 g/mol. The van der Waals surface area contributed by atoms with Gasteiger partial charge in [0.2, 0.25) is 0 Å². The molecule has 0 unspecified atom stereocenters. The number of rotatable bonds is 3. The van der Waals surface area contributed by atoms with Crippen LogP contribution in [0.15, 0.2) is 24.3 Å². The van der Waals surface area contributed by atoms with E-state index in [0.29, 0.717) is 17.0 Å². The number of aromatic amines is 1. The van der Waals surface area contributed by atoms with Gasteiger partial charge in [0, 0.05) is 11.6 Å². The number of hydrogen-bond acceptors (Lipinski definition) is 3. The smallest absolute Gasteiger partial charge is 0.353 e. The van der Waals surface area contributed by atoms with Crippen LogP contribution >= 0.6 is 0 Å². The van der Waals surface area contributed by atoms with E-state index < -0.39 is 11.8 Å². The summed E-state index contributed by atoms with van der Waals surface area (Å²) in [6.07, 6.45) is 0. The van der Waals surface area contributed by atoms with Crippen LogP contribution in [0.5, 0.6) is 5.75 Å². The van der Waals surface area contributed by atoms with Crippen molar-refractivity contribution in [3.05, 3.63) is 35.8 Å². The monoisotopic (exact) mass is 236 g/mol. The van der Waals surface area contributed by atoms with E-state index in [0.717, 1.165) is 0 Å². The molecule has 6 heteroatoms. The summed E-state index contributed by atoms with van der Waals surface area (Å²) in [5.41, 5.74) is 0.878. The summed E-state index contributed by atoms with van der Waals surface area (Å²) in [6.45, 7) is 0. The summed E-state index contributed by atoms with van der Waals surface area (Å²) in [4.78, 5) is 10.7. The molecular formula is C11H9FN2O3. The van der Waals surface area contributed by atoms with Crippen LogP contribution in [-0.2, 0) is 0 Å². The molecule has 0 saturated carbocycles. The van der Waals surface area contributed by atoms with Crippen LogP contribution in [0.4, 0.5) is 4.39 Å². The molecule has 17 heavy (non-hydrogen) atoms. The summed E-state index contributed by atoms with van der Waals surface area (Å²) in [6, 6.07) is 5.31. The Morgan fingerprint density at radius 3 is 2.82 bits per heavy atom. The molecule has 2 rings (SSSR count). The van der Waals surface area contributed by atoms with Gasteiger partial charge < -0.3 is 9.84 Å². The summed E-state index contributed by atoms with van der Waals surface area (Å²) >= 11 is 0. The fourth-order valence-electron chi connectivity index (χ4n) is 1.45. The van der Waals surface area contributed by atoms with E-state index in [1.54, 1.807) is 0 Å². The Morgan fingerprint density at radius 1 is 1.47 bits per heavy atom. The number of H-pyrrole nitrogens is 1. The van der Waals surface area contributed by atoms with Crippen LogP contribution in [0.2, 0.25) is 0 Å². The van der Waals surface area contributed by atoms with Crippen LogP contribution in [0.1, 0.15) is 10.5 Å². The average molecular weight is 236 g/mol. The lowest BCUT2D eigenvalue weighted by atomic mass is 10.1. The highest BCUT2D eigenvalue weighted by atomic mass is 19.1. The molecule has 0 spiro atoms. The largest absolute Gasteiger partial charge is 0.496 e. The third-order valence-electron chi connectivity index (χ3n) is 2.25. The molecule has 88 valence electrons. The minimum Gasteiger partial charge on any atom is -0.496 e. The van der Waals surface area contributed by atoms with E-state index in [1.807, 2.05) is 0 Å². The predicted octanol–water partition coefficient (Wildman–Crippen LogP) is 1.92. The van der Waals surface area contributed by atoms with Crippen molar-refractivity contribution in [2.24, 2.45) is 0 Å². The maximum absolute atomic E-state index is 13.0.